The summed E-state index contributed by atoms with van der Waals surface area (Å²) < 4.78 is 55.1. The first kappa shape index (κ1) is 22.6. The number of aromatic nitrogens is 2. The summed E-state index contributed by atoms with van der Waals surface area (Å²) >= 11 is 0. The number of hydrogen-bond acceptors (Lipinski definition) is 10. The van der Waals surface area contributed by atoms with Gasteiger partial charge in [-0.15, -0.1) is 0 Å². The molecule has 162 valence electrons. The topological polar surface area (TPSA) is 185 Å². The lowest BCUT2D eigenvalue weighted by molar-refractivity contribution is -0.256. The maximum Gasteiger partial charge on any atom is 0.476 e. The molecule has 3 heterocycles. The average Bonchev–Trinajstić information content (AvgIpc) is 3.13. The molecule has 2 fully saturated rings. The third kappa shape index (κ3) is 5.15. The molecule has 0 amide bonds. The largest absolute Gasteiger partial charge is 0.476 e. The standard InChI is InChI=1S/C12H19BN2O12P2/c1-5-3-15(11(17)14-9(5)16)10-8-7(25-12(22-2)26-8)6(24-10)4-23-28(13,18)27-29(19,20)21/h3,6-8,10,12H,4,13H2,1-2H3,(H,14,16,17)(H2,19,20,21)/t6-,7+,8?,10-,12?,28?/m1/s1. The summed E-state index contributed by atoms with van der Waals surface area (Å²) in [7, 11) is -6.96. The van der Waals surface area contributed by atoms with Gasteiger partial charge in [0.2, 0.25) is 0 Å². The van der Waals surface area contributed by atoms with Crippen molar-refractivity contribution in [3.63, 3.8) is 0 Å². The number of H-pyrrole nitrogens is 1. The van der Waals surface area contributed by atoms with Crippen molar-refractivity contribution in [1.29, 1.82) is 0 Å². The Labute approximate surface area is 164 Å². The van der Waals surface area contributed by atoms with E-state index in [2.05, 4.69) is 9.29 Å². The maximum atomic E-state index is 12.2. The van der Waals surface area contributed by atoms with E-state index >= 15 is 0 Å². The lowest BCUT2D eigenvalue weighted by Crippen LogP contribution is -2.37. The van der Waals surface area contributed by atoms with Gasteiger partial charge in [0.05, 0.1) is 6.61 Å². The van der Waals surface area contributed by atoms with Crippen LogP contribution in [0.5, 0.6) is 0 Å². The molecule has 3 rings (SSSR count). The fourth-order valence-electron chi connectivity index (χ4n) is 2.98. The number of aryl methyl sites for hydroxylation is 1. The highest BCUT2D eigenvalue weighted by atomic mass is 31.3. The molecule has 17 heteroatoms. The minimum atomic E-state index is -5.05. The van der Waals surface area contributed by atoms with Crippen molar-refractivity contribution in [1.82, 2.24) is 9.55 Å². The third-order valence-electron chi connectivity index (χ3n) is 4.16. The highest BCUT2D eigenvalue weighted by Crippen LogP contribution is 2.57. The van der Waals surface area contributed by atoms with Crippen LogP contribution in [0.3, 0.4) is 0 Å². The number of nitrogens with one attached hydrogen (secondary N) is 1. The van der Waals surface area contributed by atoms with Crippen LogP contribution in [0.4, 0.5) is 0 Å². The number of fused-ring (bicyclic) bond motifs is 1. The quantitative estimate of drug-likeness (QED) is 0.313. The number of rotatable bonds is 7. The molecule has 0 spiro atoms. The summed E-state index contributed by atoms with van der Waals surface area (Å²) in [4.78, 5) is 43.6. The first-order valence-electron chi connectivity index (χ1n) is 8.20. The molecule has 3 N–H and O–H groups in total. The predicted molar refractivity (Wildman–Crippen MR) is 95.7 cm³/mol. The molecule has 1 aromatic heterocycles. The molecule has 0 bridgehead atoms. The first-order chi connectivity index (χ1) is 13.4. The predicted octanol–water partition coefficient (Wildman–Crippen LogP) is -1.68. The van der Waals surface area contributed by atoms with E-state index < -0.39 is 64.2 Å². The van der Waals surface area contributed by atoms with Crippen LogP contribution in [0.25, 0.3) is 0 Å². The van der Waals surface area contributed by atoms with Crippen LogP contribution in [-0.4, -0.2) is 65.4 Å². The van der Waals surface area contributed by atoms with E-state index in [1.165, 1.54) is 20.2 Å². The van der Waals surface area contributed by atoms with Gasteiger partial charge in [-0.3, -0.25) is 18.9 Å². The van der Waals surface area contributed by atoms with Crippen LogP contribution in [0.1, 0.15) is 11.8 Å². The van der Waals surface area contributed by atoms with Crippen molar-refractivity contribution < 1.29 is 46.7 Å². The molecule has 2 saturated heterocycles. The highest BCUT2D eigenvalue weighted by molar-refractivity contribution is 7.83. The minimum absolute atomic E-state index is 0.250. The number of nitrogens with zero attached hydrogens (tertiary/aromatic N) is 1. The monoisotopic (exact) mass is 456 g/mol. The van der Waals surface area contributed by atoms with Crippen LogP contribution >= 0.6 is 15.3 Å². The zero-order valence-corrected chi connectivity index (χ0v) is 17.3. The molecule has 0 radical (unpaired) electrons. The van der Waals surface area contributed by atoms with Gasteiger partial charge < -0.3 is 33.3 Å². The number of methoxy groups -OCH3 is 1. The summed E-state index contributed by atoms with van der Waals surface area (Å²) in [5, 5.41) is 0. The molecule has 14 nitrogen and oxygen atoms in total. The Balaban J connectivity index is 1.82. The number of ether oxygens (including phenoxy) is 4. The molecule has 0 saturated carbocycles. The number of aromatic amines is 1. The Morgan fingerprint density at radius 1 is 1.24 bits per heavy atom. The molecule has 1 aromatic rings. The fraction of sp³-hybridized carbons (Fsp3) is 0.667. The lowest BCUT2D eigenvalue weighted by atomic mass is 10.1. The van der Waals surface area contributed by atoms with Gasteiger partial charge in [-0.2, -0.15) is 0 Å². The van der Waals surface area contributed by atoms with Crippen LogP contribution in [-0.2, 0) is 36.9 Å². The minimum Gasteiger partial charge on any atom is -0.346 e. The van der Waals surface area contributed by atoms with Crippen LogP contribution in [0.2, 0.25) is 0 Å². The Hall–Kier alpha value is -1.12. The normalized spacial score (nSPS) is 31.5. The van der Waals surface area contributed by atoms with E-state index in [-0.39, 0.29) is 5.56 Å². The summed E-state index contributed by atoms with van der Waals surface area (Å²) in [5.74, 6) is 0. The van der Waals surface area contributed by atoms with Crippen LogP contribution < -0.4 is 11.2 Å². The van der Waals surface area contributed by atoms with Gasteiger partial charge in [-0.05, 0) is 6.92 Å². The maximum absolute atomic E-state index is 12.2. The Morgan fingerprint density at radius 3 is 2.52 bits per heavy atom. The van der Waals surface area contributed by atoms with Crippen molar-refractivity contribution in [3.8, 4) is 0 Å². The van der Waals surface area contributed by atoms with Crippen LogP contribution in [0, 0.1) is 6.92 Å². The number of hydrogen-bond donors (Lipinski definition) is 3. The zero-order valence-electron chi connectivity index (χ0n) is 15.5. The third-order valence-corrected chi connectivity index (χ3v) is 6.82. The SMILES string of the molecule is BP(=O)(OC[C@H]1O[C@@H](n2cc(C)c(=O)[nH]c2=O)C2OC(OC)O[C@H]21)OP(=O)(O)O. The van der Waals surface area contributed by atoms with Crippen LogP contribution in [0.15, 0.2) is 15.8 Å². The Morgan fingerprint density at radius 2 is 1.90 bits per heavy atom. The van der Waals surface area contributed by atoms with E-state index in [1.807, 2.05) is 0 Å². The summed E-state index contributed by atoms with van der Waals surface area (Å²) in [6, 6.07) is 0. The molecular weight excluding hydrogens is 437 g/mol. The smallest absolute Gasteiger partial charge is 0.346 e. The molecular formula is C12H19BN2O12P2. The van der Waals surface area contributed by atoms with Gasteiger partial charge in [-0.1, -0.05) is 0 Å². The Kier molecular flexibility index (Phi) is 6.38. The van der Waals surface area contributed by atoms with Gasteiger partial charge in [0.15, 0.2) is 6.23 Å². The highest BCUT2D eigenvalue weighted by Gasteiger charge is 2.54. The van der Waals surface area contributed by atoms with Crippen molar-refractivity contribution in [2.45, 2.75) is 37.9 Å². The Bertz CT molecular complexity index is 974. The molecule has 0 aromatic carbocycles. The molecule has 6 atom stereocenters. The van der Waals surface area contributed by atoms with Crippen molar-refractivity contribution in [3.05, 3.63) is 32.6 Å². The molecule has 2 aliphatic heterocycles. The summed E-state index contributed by atoms with van der Waals surface area (Å²) in [6.45, 7) is -0.0286. The number of phosphoric acid groups is 1. The van der Waals surface area contributed by atoms with Gasteiger partial charge in [0.25, 0.3) is 27.1 Å². The second kappa shape index (κ2) is 8.19. The second-order valence-corrected chi connectivity index (χ2v) is 9.84. The molecule has 29 heavy (non-hydrogen) atoms. The molecule has 3 unspecified atom stereocenters. The van der Waals surface area contributed by atoms with E-state index in [1.54, 1.807) is 0 Å². The van der Waals surface area contributed by atoms with E-state index in [0.717, 1.165) is 12.1 Å². The zero-order chi connectivity index (χ0) is 21.6. The average molecular weight is 456 g/mol. The van der Waals surface area contributed by atoms with Crippen molar-refractivity contribution in [2.24, 2.45) is 0 Å². The summed E-state index contributed by atoms with van der Waals surface area (Å²) in [5.41, 5.74) is -1.05. The van der Waals surface area contributed by atoms with E-state index in [4.69, 9.17) is 33.3 Å². The second-order valence-electron chi connectivity index (χ2n) is 6.41. The van der Waals surface area contributed by atoms with Gasteiger partial charge in [0, 0.05) is 18.9 Å². The van der Waals surface area contributed by atoms with Gasteiger partial charge >= 0.3 is 13.5 Å². The lowest BCUT2D eigenvalue weighted by Gasteiger charge is -2.22. The van der Waals surface area contributed by atoms with Crippen molar-refractivity contribution >= 4 is 22.9 Å². The summed E-state index contributed by atoms with van der Waals surface area (Å²) in [6.07, 6.45) is -2.40. The first-order valence-corrected chi connectivity index (χ1v) is 11.7. The van der Waals surface area contributed by atoms with Gasteiger partial charge in [-0.25, -0.2) is 13.7 Å². The van der Waals surface area contributed by atoms with Crippen molar-refractivity contribution in [2.75, 3.05) is 13.7 Å². The van der Waals surface area contributed by atoms with E-state index in [0.29, 0.717) is 0 Å². The molecule has 0 aliphatic carbocycles. The van der Waals surface area contributed by atoms with E-state index in [9.17, 15) is 18.7 Å². The molecule has 2 aliphatic rings. The fourth-order valence-corrected chi connectivity index (χ4v) is 5.13. The van der Waals surface area contributed by atoms with Gasteiger partial charge in [0.1, 0.15) is 18.3 Å².